The zero-order valence-electron chi connectivity index (χ0n) is 20.5. The van der Waals surface area contributed by atoms with Crippen LogP contribution in [0.2, 0.25) is 0 Å². The molecule has 0 saturated carbocycles. The summed E-state index contributed by atoms with van der Waals surface area (Å²) in [6.45, 7) is 6.89. The normalized spacial score (nSPS) is 24.1. The van der Waals surface area contributed by atoms with Crippen molar-refractivity contribution in [2.75, 3.05) is 12.3 Å². The van der Waals surface area contributed by atoms with Crippen molar-refractivity contribution in [3.8, 4) is 6.07 Å². The second-order valence-electron chi connectivity index (χ2n) is 8.63. The minimum Gasteiger partial charge on any atom is -0.455 e. The number of rotatable bonds is 10. The maximum Gasteiger partial charge on any atom is 0.309 e. The number of fused-ring (bicyclic) bond motifs is 1. The van der Waals surface area contributed by atoms with Crippen molar-refractivity contribution in [1.29, 1.82) is 5.26 Å². The summed E-state index contributed by atoms with van der Waals surface area (Å²) < 4.78 is 19.1. The molecule has 35 heavy (non-hydrogen) atoms. The summed E-state index contributed by atoms with van der Waals surface area (Å²) >= 11 is 0. The van der Waals surface area contributed by atoms with Crippen LogP contribution in [-0.4, -0.2) is 56.6 Å². The Morgan fingerprint density at radius 2 is 1.77 bits per heavy atom. The molecule has 11 heteroatoms. The topological polar surface area (TPSA) is 162 Å². The number of aliphatic hydroxyl groups is 1. The fourth-order valence-electron chi connectivity index (χ4n) is 4.51. The maximum atomic E-state index is 13.1. The van der Waals surface area contributed by atoms with Gasteiger partial charge in [-0.1, -0.05) is 27.7 Å². The highest BCUT2D eigenvalue weighted by Gasteiger charge is 2.62. The van der Waals surface area contributed by atoms with Crippen LogP contribution in [0.25, 0.3) is 5.52 Å². The molecule has 0 bridgehead atoms. The monoisotopic (exact) mass is 487 g/mol. The Kier molecular flexibility index (Phi) is 8.30. The van der Waals surface area contributed by atoms with Crippen LogP contribution < -0.4 is 5.73 Å². The van der Waals surface area contributed by atoms with Crippen molar-refractivity contribution in [2.45, 2.75) is 77.3 Å². The van der Waals surface area contributed by atoms with E-state index in [2.05, 4.69) is 16.2 Å². The number of ether oxygens (including phenoxy) is 3. The molecule has 0 aliphatic carbocycles. The molecule has 1 aliphatic heterocycles. The summed E-state index contributed by atoms with van der Waals surface area (Å²) in [4.78, 5) is 30.0. The van der Waals surface area contributed by atoms with E-state index in [4.69, 9.17) is 19.9 Å². The summed E-state index contributed by atoms with van der Waals surface area (Å²) in [5.41, 5.74) is 4.67. The number of hydrogen-bond acceptors (Lipinski definition) is 10. The van der Waals surface area contributed by atoms with Crippen molar-refractivity contribution in [3.05, 3.63) is 24.2 Å². The highest BCUT2D eigenvalue weighted by Crippen LogP contribution is 2.44. The van der Waals surface area contributed by atoms with E-state index >= 15 is 0 Å². The number of nitriles is 1. The summed E-state index contributed by atoms with van der Waals surface area (Å²) in [5, 5.41) is 24.8. The quantitative estimate of drug-likeness (QED) is 0.475. The van der Waals surface area contributed by atoms with Crippen LogP contribution in [-0.2, 0) is 29.4 Å². The molecule has 0 radical (unpaired) electrons. The first-order valence-corrected chi connectivity index (χ1v) is 12.0. The van der Waals surface area contributed by atoms with Gasteiger partial charge in [-0.3, -0.25) is 9.59 Å². The number of aromatic nitrogens is 3. The lowest BCUT2D eigenvalue weighted by atomic mass is 9.91. The molecule has 3 rings (SSSR count). The first-order valence-electron chi connectivity index (χ1n) is 12.0. The van der Waals surface area contributed by atoms with Crippen LogP contribution in [0.5, 0.6) is 0 Å². The van der Waals surface area contributed by atoms with Crippen molar-refractivity contribution < 1.29 is 28.9 Å². The van der Waals surface area contributed by atoms with E-state index in [0.717, 1.165) is 0 Å². The van der Waals surface area contributed by atoms with E-state index in [0.29, 0.717) is 31.2 Å². The average Bonchev–Trinajstić information content (AvgIpc) is 3.42. The van der Waals surface area contributed by atoms with Gasteiger partial charge in [0, 0.05) is 0 Å². The van der Waals surface area contributed by atoms with Gasteiger partial charge in [-0.15, -0.1) is 0 Å². The Bertz CT molecular complexity index is 1090. The molecule has 1 fully saturated rings. The maximum absolute atomic E-state index is 13.1. The van der Waals surface area contributed by atoms with Crippen LogP contribution in [0.3, 0.4) is 0 Å². The van der Waals surface area contributed by atoms with Gasteiger partial charge in [-0.2, -0.15) is 10.4 Å². The molecule has 2 aromatic rings. The largest absolute Gasteiger partial charge is 0.455 e. The molecule has 190 valence electrons. The standard InChI is InChI=1S/C24H33N5O6/c1-5-14(6-2)22(31)33-19-17(11-30)35-24(12-25,20(19)34-23(32)15(7-3)8-4)18-10-9-16-21(26)27-13-28-29(16)18/h9-10,13-15,17,19-20,30H,5-8,11H2,1-4H3,(H2,26,27,28)/t17-,19-,20-,24+/m1/s1. The first kappa shape index (κ1) is 26.4. The van der Waals surface area contributed by atoms with Gasteiger partial charge in [-0.05, 0) is 37.8 Å². The van der Waals surface area contributed by atoms with Gasteiger partial charge in [-0.25, -0.2) is 9.50 Å². The highest BCUT2D eigenvalue weighted by molar-refractivity contribution is 5.74. The fourth-order valence-corrected chi connectivity index (χ4v) is 4.51. The molecule has 0 spiro atoms. The van der Waals surface area contributed by atoms with Gasteiger partial charge in [0.1, 0.15) is 24.0 Å². The summed E-state index contributed by atoms with van der Waals surface area (Å²) in [7, 11) is 0. The molecule has 0 aromatic carbocycles. The second kappa shape index (κ2) is 11.0. The average molecular weight is 488 g/mol. The molecule has 11 nitrogen and oxygen atoms in total. The van der Waals surface area contributed by atoms with E-state index in [1.165, 1.54) is 10.8 Å². The van der Waals surface area contributed by atoms with E-state index in [9.17, 15) is 20.0 Å². The zero-order chi connectivity index (χ0) is 25.8. The lowest BCUT2D eigenvalue weighted by Crippen LogP contribution is -2.47. The smallest absolute Gasteiger partial charge is 0.309 e. The van der Waals surface area contributed by atoms with E-state index in [1.807, 2.05) is 27.7 Å². The predicted octanol–water partition coefficient (Wildman–Crippen LogP) is 2.12. The Morgan fingerprint density at radius 1 is 1.17 bits per heavy atom. The number of nitrogen functional groups attached to an aromatic ring is 1. The number of hydrogen-bond donors (Lipinski definition) is 2. The van der Waals surface area contributed by atoms with Crippen molar-refractivity contribution in [1.82, 2.24) is 14.6 Å². The van der Waals surface area contributed by atoms with Gasteiger partial charge in [0.25, 0.3) is 0 Å². The number of anilines is 1. The molecule has 1 aliphatic rings. The third kappa shape index (κ3) is 4.68. The van der Waals surface area contributed by atoms with Gasteiger partial charge >= 0.3 is 11.9 Å². The van der Waals surface area contributed by atoms with Crippen LogP contribution in [0.4, 0.5) is 5.82 Å². The van der Waals surface area contributed by atoms with E-state index < -0.39 is 48.4 Å². The van der Waals surface area contributed by atoms with Crippen LogP contribution in [0, 0.1) is 23.2 Å². The number of nitrogens with zero attached hydrogens (tertiary/aromatic N) is 4. The van der Waals surface area contributed by atoms with Gasteiger partial charge in [0.15, 0.2) is 18.0 Å². The number of carbonyl (C=O) groups is 2. The third-order valence-electron chi connectivity index (χ3n) is 6.74. The second-order valence-corrected chi connectivity index (χ2v) is 8.63. The summed E-state index contributed by atoms with van der Waals surface area (Å²) in [5.74, 6) is -1.68. The number of aliphatic hydroxyl groups excluding tert-OH is 1. The summed E-state index contributed by atoms with van der Waals surface area (Å²) in [6.07, 6.45) is -0.296. The Hall–Kier alpha value is -3.23. The van der Waals surface area contributed by atoms with Crippen LogP contribution in [0.15, 0.2) is 18.5 Å². The molecular formula is C24H33N5O6. The molecule has 0 unspecified atom stereocenters. The Labute approximate surface area is 204 Å². The molecule has 3 N–H and O–H groups in total. The molecule has 4 atom stereocenters. The van der Waals surface area contributed by atoms with Gasteiger partial charge in [0.2, 0.25) is 5.60 Å². The molecule has 1 saturated heterocycles. The fraction of sp³-hybridized carbons (Fsp3) is 0.625. The summed E-state index contributed by atoms with van der Waals surface area (Å²) in [6, 6.07) is 5.31. The zero-order valence-corrected chi connectivity index (χ0v) is 20.5. The van der Waals surface area contributed by atoms with Crippen molar-refractivity contribution in [2.24, 2.45) is 11.8 Å². The minimum absolute atomic E-state index is 0.179. The first-order chi connectivity index (χ1) is 16.8. The lowest BCUT2D eigenvalue weighted by Gasteiger charge is -2.30. The third-order valence-corrected chi connectivity index (χ3v) is 6.74. The number of nitrogens with two attached hydrogens (primary N) is 1. The molecule has 0 amide bonds. The molecular weight excluding hydrogens is 454 g/mol. The number of carbonyl (C=O) groups excluding carboxylic acids is 2. The van der Waals surface area contributed by atoms with Crippen molar-refractivity contribution >= 4 is 23.3 Å². The van der Waals surface area contributed by atoms with Crippen LogP contribution in [0.1, 0.15) is 59.1 Å². The van der Waals surface area contributed by atoms with Gasteiger partial charge < -0.3 is 25.1 Å². The number of esters is 2. The Morgan fingerprint density at radius 3 is 2.31 bits per heavy atom. The lowest BCUT2D eigenvalue weighted by molar-refractivity contribution is -0.175. The Balaban J connectivity index is 2.14. The van der Waals surface area contributed by atoms with E-state index in [1.54, 1.807) is 12.1 Å². The predicted molar refractivity (Wildman–Crippen MR) is 125 cm³/mol. The SMILES string of the molecule is CCC(CC)C(=O)O[C@H]1[C@@H](OC(=O)C(CC)CC)[C@](C#N)(c2ccc3c(N)ncnn23)O[C@@H]1CO. The van der Waals surface area contributed by atoms with E-state index in [-0.39, 0.29) is 17.4 Å². The van der Waals surface area contributed by atoms with Crippen LogP contribution >= 0.6 is 0 Å². The highest BCUT2D eigenvalue weighted by atomic mass is 16.6. The molecule has 2 aromatic heterocycles. The van der Waals surface area contributed by atoms with Crippen molar-refractivity contribution in [3.63, 3.8) is 0 Å². The minimum atomic E-state index is -1.93. The molecule has 3 heterocycles. The van der Waals surface area contributed by atoms with Gasteiger partial charge in [0.05, 0.1) is 24.1 Å².